The molecule has 0 radical (unpaired) electrons. The van der Waals surface area contributed by atoms with Gasteiger partial charge in [-0.3, -0.25) is 4.84 Å². The zero-order valence-electron chi connectivity index (χ0n) is 13.9. The van der Waals surface area contributed by atoms with Crippen molar-refractivity contribution in [1.29, 1.82) is 0 Å². The first-order valence-electron chi connectivity index (χ1n) is 8.62. The second-order valence-corrected chi connectivity index (χ2v) is 6.73. The third-order valence-corrected chi connectivity index (χ3v) is 4.91. The topological polar surface area (TPSA) is 32.7 Å². The van der Waals surface area contributed by atoms with Crippen LogP contribution in [0.1, 0.15) is 37.8 Å². The Kier molecular flexibility index (Phi) is 5.77. The molecule has 3 rings (SSSR count). The summed E-state index contributed by atoms with van der Waals surface area (Å²) < 4.78 is 0. The highest BCUT2D eigenvalue weighted by Gasteiger charge is 2.43. The Morgan fingerprint density at radius 1 is 1.08 bits per heavy atom. The van der Waals surface area contributed by atoms with Gasteiger partial charge < -0.3 is 5.11 Å². The lowest BCUT2D eigenvalue weighted by Crippen LogP contribution is -2.26. The van der Waals surface area contributed by atoms with E-state index in [0.29, 0.717) is 5.02 Å². The van der Waals surface area contributed by atoms with Crippen molar-refractivity contribution in [3.63, 3.8) is 0 Å². The second kappa shape index (κ2) is 8.02. The Balaban J connectivity index is 1.95. The molecule has 0 spiro atoms. The fourth-order valence-electron chi connectivity index (χ4n) is 3.40. The molecule has 1 saturated heterocycles. The molecule has 4 heteroatoms. The highest BCUT2D eigenvalue weighted by atomic mass is 35.5. The lowest BCUT2D eigenvalue weighted by molar-refractivity contribution is 0.0488. The predicted molar refractivity (Wildman–Crippen MR) is 98.1 cm³/mol. The molecule has 2 aromatic rings. The van der Waals surface area contributed by atoms with Crippen molar-refractivity contribution in [3.8, 4) is 0 Å². The molecule has 3 nitrogen and oxygen atoms in total. The Hall–Kier alpha value is -1.55. The molecule has 0 unspecified atom stereocenters. The van der Waals surface area contributed by atoms with Crippen molar-refractivity contribution in [3.05, 3.63) is 65.2 Å². The van der Waals surface area contributed by atoms with Gasteiger partial charge in [-0.1, -0.05) is 61.7 Å². The second-order valence-electron chi connectivity index (χ2n) is 6.29. The predicted octanol–water partition coefficient (Wildman–Crippen LogP) is 5.00. The number of rotatable bonds is 6. The van der Waals surface area contributed by atoms with Gasteiger partial charge in [-0.15, -0.1) is 0 Å². The van der Waals surface area contributed by atoms with Gasteiger partial charge >= 0.3 is 0 Å². The van der Waals surface area contributed by atoms with E-state index in [1.54, 1.807) is 0 Å². The van der Waals surface area contributed by atoms with Gasteiger partial charge in [0.15, 0.2) is 0 Å². The van der Waals surface area contributed by atoms with Gasteiger partial charge in [0.2, 0.25) is 0 Å². The Bertz CT molecular complexity index is 632. The number of aliphatic hydroxyl groups excluding tert-OH is 1. The van der Waals surface area contributed by atoms with Gasteiger partial charge in [-0.05, 0) is 36.2 Å². The van der Waals surface area contributed by atoms with Gasteiger partial charge in [0.25, 0.3) is 0 Å². The van der Waals surface area contributed by atoms with Crippen molar-refractivity contribution in [2.45, 2.75) is 38.3 Å². The maximum atomic E-state index is 10.0. The molecule has 24 heavy (non-hydrogen) atoms. The van der Waals surface area contributed by atoms with Crippen LogP contribution < -0.4 is 5.06 Å². The molecule has 0 bridgehead atoms. The fourth-order valence-corrected chi connectivity index (χ4v) is 3.52. The summed E-state index contributed by atoms with van der Waals surface area (Å²) in [5.41, 5.74) is 2.12. The number of unbranched alkanes of at least 4 members (excludes halogenated alkanes) is 1. The van der Waals surface area contributed by atoms with E-state index in [2.05, 4.69) is 19.1 Å². The van der Waals surface area contributed by atoms with Crippen LogP contribution in [0.2, 0.25) is 5.02 Å². The number of hydrogen-bond donors (Lipinski definition) is 1. The average Bonchev–Trinajstić information content (AvgIpc) is 2.99. The summed E-state index contributed by atoms with van der Waals surface area (Å²) in [4.78, 5) is 6.29. The summed E-state index contributed by atoms with van der Waals surface area (Å²) in [6, 6.07) is 17.9. The number of halogens is 1. The number of hydroxylamine groups is 1. The quantitative estimate of drug-likeness (QED) is 0.799. The summed E-state index contributed by atoms with van der Waals surface area (Å²) in [6.45, 7) is 2.28. The minimum atomic E-state index is -0.000711. The van der Waals surface area contributed by atoms with E-state index < -0.39 is 0 Å². The molecule has 3 atom stereocenters. The Morgan fingerprint density at radius 3 is 2.42 bits per heavy atom. The number of benzene rings is 2. The van der Waals surface area contributed by atoms with Crippen LogP contribution in [0.3, 0.4) is 0 Å². The Morgan fingerprint density at radius 2 is 1.79 bits per heavy atom. The molecule has 1 heterocycles. The molecule has 0 saturated carbocycles. The van der Waals surface area contributed by atoms with Crippen LogP contribution in [-0.2, 0) is 4.84 Å². The standard InChI is InChI=1S/C20H24ClNO2/c1-2-3-9-19-18(14-23)20(15-7-5-4-6-8-15)22(24-19)17-12-10-16(21)11-13-17/h4-8,10-13,18-20,23H,2-3,9,14H2,1H3/t18-,19-,20+/m1/s1. The number of nitrogens with zero attached hydrogens (tertiary/aromatic N) is 1. The third-order valence-electron chi connectivity index (χ3n) is 4.66. The summed E-state index contributed by atoms with van der Waals surface area (Å²) in [6.07, 6.45) is 3.19. The average molecular weight is 346 g/mol. The first-order chi connectivity index (χ1) is 11.7. The zero-order chi connectivity index (χ0) is 16.9. The Labute approximate surface area is 148 Å². The maximum Gasteiger partial charge on any atom is 0.0930 e. The van der Waals surface area contributed by atoms with Crippen molar-refractivity contribution >= 4 is 17.3 Å². The number of anilines is 1. The van der Waals surface area contributed by atoms with Crippen molar-refractivity contribution in [2.24, 2.45) is 5.92 Å². The van der Waals surface area contributed by atoms with Crippen LogP contribution in [0.25, 0.3) is 0 Å². The minimum Gasteiger partial charge on any atom is -0.396 e. The van der Waals surface area contributed by atoms with Gasteiger partial charge in [0.05, 0.1) is 24.4 Å². The fraction of sp³-hybridized carbons (Fsp3) is 0.400. The largest absolute Gasteiger partial charge is 0.396 e. The summed E-state index contributed by atoms with van der Waals surface area (Å²) in [5.74, 6) is 0.0506. The van der Waals surface area contributed by atoms with E-state index in [1.807, 2.05) is 47.5 Å². The molecule has 2 aromatic carbocycles. The minimum absolute atomic E-state index is 0.000711. The molecule has 1 aliphatic heterocycles. The summed E-state index contributed by atoms with van der Waals surface area (Å²) in [7, 11) is 0. The zero-order valence-corrected chi connectivity index (χ0v) is 14.7. The molecule has 1 aliphatic rings. The van der Waals surface area contributed by atoms with E-state index in [1.165, 1.54) is 0 Å². The van der Waals surface area contributed by atoms with Crippen LogP contribution in [0, 0.1) is 5.92 Å². The molecule has 0 aromatic heterocycles. The monoisotopic (exact) mass is 345 g/mol. The normalized spacial score (nSPS) is 23.6. The van der Waals surface area contributed by atoms with Gasteiger partial charge in [0, 0.05) is 10.9 Å². The molecule has 0 amide bonds. The van der Waals surface area contributed by atoms with Crippen molar-refractivity contribution < 1.29 is 9.94 Å². The van der Waals surface area contributed by atoms with E-state index in [0.717, 1.165) is 30.5 Å². The van der Waals surface area contributed by atoms with Crippen LogP contribution in [0.15, 0.2) is 54.6 Å². The SMILES string of the molecule is CCCC[C@H]1ON(c2ccc(Cl)cc2)[C@@H](c2ccccc2)[C@@H]1CO. The van der Waals surface area contributed by atoms with E-state index in [4.69, 9.17) is 16.4 Å². The first kappa shape index (κ1) is 17.3. The van der Waals surface area contributed by atoms with Gasteiger partial charge in [-0.25, -0.2) is 5.06 Å². The highest BCUT2D eigenvalue weighted by Crippen LogP contribution is 2.43. The number of aliphatic hydroxyl groups is 1. The molecule has 1 fully saturated rings. The molecular formula is C20H24ClNO2. The smallest absolute Gasteiger partial charge is 0.0930 e. The molecular weight excluding hydrogens is 322 g/mol. The lowest BCUT2D eigenvalue weighted by atomic mass is 9.88. The maximum absolute atomic E-state index is 10.0. The van der Waals surface area contributed by atoms with Gasteiger partial charge in [-0.2, -0.15) is 0 Å². The molecule has 128 valence electrons. The highest BCUT2D eigenvalue weighted by molar-refractivity contribution is 6.30. The third kappa shape index (κ3) is 3.59. The summed E-state index contributed by atoms with van der Waals surface area (Å²) >= 11 is 6.03. The first-order valence-corrected chi connectivity index (χ1v) is 8.99. The van der Waals surface area contributed by atoms with Crippen LogP contribution in [-0.4, -0.2) is 17.8 Å². The van der Waals surface area contributed by atoms with E-state index in [-0.39, 0.29) is 24.7 Å². The van der Waals surface area contributed by atoms with Crippen molar-refractivity contribution in [1.82, 2.24) is 0 Å². The van der Waals surface area contributed by atoms with Crippen LogP contribution in [0.5, 0.6) is 0 Å². The van der Waals surface area contributed by atoms with Crippen LogP contribution >= 0.6 is 11.6 Å². The number of hydrogen-bond acceptors (Lipinski definition) is 3. The molecule has 1 N–H and O–H groups in total. The van der Waals surface area contributed by atoms with Gasteiger partial charge in [0.1, 0.15) is 0 Å². The summed E-state index contributed by atoms with van der Waals surface area (Å²) in [5, 5.41) is 12.7. The molecule has 0 aliphatic carbocycles. The van der Waals surface area contributed by atoms with Crippen molar-refractivity contribution in [2.75, 3.05) is 11.7 Å². The van der Waals surface area contributed by atoms with E-state index in [9.17, 15) is 5.11 Å². The van der Waals surface area contributed by atoms with E-state index >= 15 is 0 Å². The van der Waals surface area contributed by atoms with Crippen LogP contribution in [0.4, 0.5) is 5.69 Å². The lowest BCUT2D eigenvalue weighted by Gasteiger charge is -2.27.